The van der Waals surface area contributed by atoms with Gasteiger partial charge in [-0.1, -0.05) is 13.0 Å². The molecule has 2 amide bonds. The highest BCUT2D eigenvalue weighted by Gasteiger charge is 2.19. The van der Waals surface area contributed by atoms with Crippen molar-refractivity contribution in [2.45, 2.75) is 19.4 Å². The average Bonchev–Trinajstić information content (AvgIpc) is 2.32. The summed E-state index contributed by atoms with van der Waals surface area (Å²) < 4.78 is 0. The lowest BCUT2D eigenvalue weighted by atomic mass is 10.3. The predicted molar refractivity (Wildman–Crippen MR) is 63.7 cm³/mol. The van der Waals surface area contributed by atoms with Gasteiger partial charge in [-0.05, 0) is 12.5 Å². The number of aliphatic hydroxyl groups excluding tert-OH is 1. The average molecular weight is 258 g/mol. The van der Waals surface area contributed by atoms with Crippen LogP contribution in [0.1, 0.15) is 13.3 Å². The molecule has 0 saturated carbocycles. The van der Waals surface area contributed by atoms with E-state index < -0.39 is 24.5 Å². The van der Waals surface area contributed by atoms with E-state index in [1.165, 1.54) is 13.1 Å². The second-order valence-corrected chi connectivity index (χ2v) is 3.65. The maximum Gasteiger partial charge on any atom is 0.328 e. The van der Waals surface area contributed by atoms with E-state index in [9.17, 15) is 14.4 Å². The molecule has 102 valence electrons. The molecule has 0 radical (unpaired) electrons. The fourth-order valence-corrected chi connectivity index (χ4v) is 1.06. The van der Waals surface area contributed by atoms with Gasteiger partial charge >= 0.3 is 5.97 Å². The summed E-state index contributed by atoms with van der Waals surface area (Å²) in [5.74, 6) is -2.31. The lowest BCUT2D eigenvalue weighted by molar-refractivity contribution is -0.143. The molecule has 18 heavy (non-hydrogen) atoms. The first kappa shape index (κ1) is 16.1. The Labute approximate surface area is 105 Å². The molecule has 0 aromatic carbocycles. The van der Waals surface area contributed by atoms with Crippen LogP contribution in [0.5, 0.6) is 0 Å². The van der Waals surface area contributed by atoms with Crippen LogP contribution < -0.4 is 5.32 Å². The van der Waals surface area contributed by atoms with E-state index in [1.54, 1.807) is 6.08 Å². The second kappa shape index (κ2) is 8.24. The Morgan fingerprint density at radius 2 is 2.00 bits per heavy atom. The monoisotopic (exact) mass is 258 g/mol. The highest BCUT2D eigenvalue weighted by Crippen LogP contribution is 1.90. The van der Waals surface area contributed by atoms with Crippen LogP contribution in [0.4, 0.5) is 0 Å². The highest BCUT2D eigenvalue weighted by atomic mass is 16.4. The quantitative estimate of drug-likeness (QED) is 0.506. The van der Waals surface area contributed by atoms with Crippen LogP contribution in [0.25, 0.3) is 0 Å². The lowest BCUT2D eigenvalue weighted by Crippen LogP contribution is -2.47. The topological polar surface area (TPSA) is 107 Å². The maximum absolute atomic E-state index is 11.4. The van der Waals surface area contributed by atoms with E-state index in [-0.39, 0.29) is 12.5 Å². The van der Waals surface area contributed by atoms with Gasteiger partial charge in [-0.25, -0.2) is 4.79 Å². The van der Waals surface area contributed by atoms with Crippen molar-refractivity contribution in [2.75, 3.05) is 20.2 Å². The first-order valence-electron chi connectivity index (χ1n) is 5.47. The third-order valence-electron chi connectivity index (χ3n) is 2.07. The lowest BCUT2D eigenvalue weighted by Gasteiger charge is -2.17. The molecule has 0 aromatic rings. The molecule has 0 aliphatic rings. The normalized spacial score (nSPS) is 12.2. The van der Waals surface area contributed by atoms with Crippen LogP contribution >= 0.6 is 0 Å². The van der Waals surface area contributed by atoms with Gasteiger partial charge in [0.2, 0.25) is 11.8 Å². The Bertz CT molecular complexity index is 340. The van der Waals surface area contributed by atoms with Crippen molar-refractivity contribution >= 4 is 17.8 Å². The molecule has 0 aliphatic carbocycles. The van der Waals surface area contributed by atoms with E-state index in [4.69, 9.17) is 10.2 Å². The highest BCUT2D eigenvalue weighted by molar-refractivity contribution is 5.92. The Hall–Kier alpha value is -1.89. The summed E-state index contributed by atoms with van der Waals surface area (Å²) in [5.41, 5.74) is 0. The van der Waals surface area contributed by atoms with Gasteiger partial charge in [-0.15, -0.1) is 0 Å². The van der Waals surface area contributed by atoms with Gasteiger partial charge in [0.05, 0.1) is 13.2 Å². The van der Waals surface area contributed by atoms with Crippen molar-refractivity contribution in [3.05, 3.63) is 12.2 Å². The molecule has 0 unspecified atom stereocenters. The number of aliphatic hydroxyl groups is 1. The summed E-state index contributed by atoms with van der Waals surface area (Å²) in [6.45, 7) is 0.903. The van der Waals surface area contributed by atoms with Crippen LogP contribution in [0, 0.1) is 0 Å². The Morgan fingerprint density at radius 1 is 1.39 bits per heavy atom. The number of allylic oxidation sites excluding steroid dienone is 1. The first-order chi connectivity index (χ1) is 8.42. The van der Waals surface area contributed by atoms with E-state index in [0.29, 0.717) is 6.42 Å². The van der Waals surface area contributed by atoms with Gasteiger partial charge < -0.3 is 20.4 Å². The number of likely N-dealkylation sites (N-methyl/N-ethyl adjacent to an activating group) is 1. The molecule has 0 heterocycles. The van der Waals surface area contributed by atoms with Crippen LogP contribution in [0.15, 0.2) is 12.2 Å². The summed E-state index contributed by atoms with van der Waals surface area (Å²) in [5, 5.41) is 19.4. The number of carbonyl (C=O) groups excluding carboxylic acids is 2. The number of hydrogen-bond donors (Lipinski definition) is 3. The molecule has 3 N–H and O–H groups in total. The first-order valence-corrected chi connectivity index (χ1v) is 5.47. The number of nitrogens with one attached hydrogen (secondary N) is 1. The minimum atomic E-state index is -1.35. The molecular weight excluding hydrogens is 240 g/mol. The number of aliphatic carboxylic acids is 1. The van der Waals surface area contributed by atoms with E-state index in [1.807, 2.05) is 6.92 Å². The van der Waals surface area contributed by atoms with Crippen molar-refractivity contribution in [1.82, 2.24) is 10.2 Å². The zero-order valence-electron chi connectivity index (χ0n) is 10.4. The number of amides is 2. The maximum atomic E-state index is 11.4. The van der Waals surface area contributed by atoms with Crippen molar-refractivity contribution in [1.29, 1.82) is 0 Å². The minimum absolute atomic E-state index is 0.267. The standard InChI is InChI=1S/C11H18N2O5/c1-3-4-5-10(16)13(2)6-9(15)12-8(7-14)11(17)18/h4-5,8,14H,3,6-7H2,1-2H3,(H,12,15)(H,17,18)/t8-/m0/s1. The van der Waals surface area contributed by atoms with Crippen LogP contribution in [-0.2, 0) is 14.4 Å². The summed E-state index contributed by atoms with van der Waals surface area (Å²) in [4.78, 5) is 34.5. The van der Waals surface area contributed by atoms with Crippen molar-refractivity contribution in [3.63, 3.8) is 0 Å². The van der Waals surface area contributed by atoms with E-state index in [2.05, 4.69) is 5.32 Å². The molecule has 0 aromatic heterocycles. The Morgan fingerprint density at radius 3 is 2.44 bits per heavy atom. The van der Waals surface area contributed by atoms with Gasteiger partial charge in [0, 0.05) is 7.05 Å². The van der Waals surface area contributed by atoms with Crippen molar-refractivity contribution in [2.24, 2.45) is 0 Å². The summed E-state index contributed by atoms with van der Waals surface area (Å²) in [6.07, 6.45) is 3.70. The van der Waals surface area contributed by atoms with E-state index >= 15 is 0 Å². The molecule has 0 spiro atoms. The number of carbonyl (C=O) groups is 3. The summed E-state index contributed by atoms with van der Waals surface area (Å²) in [7, 11) is 1.43. The molecule has 0 saturated heterocycles. The fraction of sp³-hybridized carbons (Fsp3) is 0.545. The zero-order chi connectivity index (χ0) is 14.1. The Kier molecular flexibility index (Phi) is 7.37. The van der Waals surface area contributed by atoms with Gasteiger partial charge in [0.15, 0.2) is 0 Å². The molecular formula is C11H18N2O5. The number of carboxylic acids is 1. The SMILES string of the molecule is CCC=CC(=O)N(C)CC(=O)N[C@@H](CO)C(=O)O. The fourth-order valence-electron chi connectivity index (χ4n) is 1.06. The molecule has 1 atom stereocenters. The predicted octanol–water partition coefficient (Wildman–Crippen LogP) is -1.03. The van der Waals surface area contributed by atoms with Gasteiger partial charge in [0.25, 0.3) is 0 Å². The molecule has 0 fully saturated rings. The van der Waals surface area contributed by atoms with Crippen LogP contribution in [0.3, 0.4) is 0 Å². The van der Waals surface area contributed by atoms with Crippen LogP contribution in [-0.4, -0.2) is 59.1 Å². The molecule has 0 aliphatic heterocycles. The third-order valence-corrected chi connectivity index (χ3v) is 2.07. The number of nitrogens with zero attached hydrogens (tertiary/aromatic N) is 1. The number of carboxylic acid groups (broad SMARTS) is 1. The summed E-state index contributed by atoms with van der Waals surface area (Å²) in [6, 6.07) is -1.35. The summed E-state index contributed by atoms with van der Waals surface area (Å²) >= 11 is 0. The number of rotatable bonds is 7. The molecule has 7 nitrogen and oxygen atoms in total. The van der Waals surface area contributed by atoms with Crippen molar-refractivity contribution in [3.8, 4) is 0 Å². The molecule has 0 bridgehead atoms. The molecule has 0 rings (SSSR count). The Balaban J connectivity index is 4.27. The van der Waals surface area contributed by atoms with Crippen molar-refractivity contribution < 1.29 is 24.6 Å². The minimum Gasteiger partial charge on any atom is -0.480 e. The van der Waals surface area contributed by atoms with Gasteiger partial charge in [-0.3, -0.25) is 9.59 Å². The zero-order valence-corrected chi connectivity index (χ0v) is 10.4. The second-order valence-electron chi connectivity index (χ2n) is 3.65. The van der Waals surface area contributed by atoms with E-state index in [0.717, 1.165) is 4.90 Å². The number of hydrogen-bond acceptors (Lipinski definition) is 4. The van der Waals surface area contributed by atoms with Gasteiger partial charge in [-0.2, -0.15) is 0 Å². The molecule has 7 heteroatoms. The largest absolute Gasteiger partial charge is 0.480 e. The third kappa shape index (κ3) is 6.00. The van der Waals surface area contributed by atoms with Crippen LogP contribution in [0.2, 0.25) is 0 Å². The van der Waals surface area contributed by atoms with Gasteiger partial charge in [0.1, 0.15) is 6.04 Å². The smallest absolute Gasteiger partial charge is 0.328 e.